The standard InChI is InChI=1S/C27H35N3O3/c1-20(2)29-26(32)27(13-7-16-30(19-27)25(31)24-10-5-6-17-33-24)18-22-8-3-4-9-23(22)21-11-14-28-15-12-21/h3-4,8-9,11-12,14-15,20,24H,5-7,10,13,16-19H2,1-2H3,(H,29,32)/t24-,27-/m0/s1. The summed E-state index contributed by atoms with van der Waals surface area (Å²) in [6, 6.07) is 12.3. The van der Waals surface area contributed by atoms with Crippen molar-refractivity contribution in [3.8, 4) is 11.1 Å². The summed E-state index contributed by atoms with van der Waals surface area (Å²) in [5.74, 6) is 0.0719. The van der Waals surface area contributed by atoms with Crippen LogP contribution in [-0.4, -0.2) is 53.5 Å². The van der Waals surface area contributed by atoms with Gasteiger partial charge in [0.1, 0.15) is 6.10 Å². The molecule has 2 aromatic rings. The number of carbonyl (C=O) groups is 2. The molecule has 2 fully saturated rings. The normalized spacial score (nSPS) is 23.4. The van der Waals surface area contributed by atoms with Crippen LogP contribution in [0.4, 0.5) is 0 Å². The predicted molar refractivity (Wildman–Crippen MR) is 128 cm³/mol. The number of likely N-dealkylation sites (tertiary alicyclic amines) is 1. The Morgan fingerprint density at radius 1 is 1.15 bits per heavy atom. The number of benzene rings is 1. The smallest absolute Gasteiger partial charge is 0.251 e. The minimum atomic E-state index is -0.671. The van der Waals surface area contributed by atoms with Crippen molar-refractivity contribution >= 4 is 11.8 Å². The molecule has 0 unspecified atom stereocenters. The lowest BCUT2D eigenvalue weighted by atomic mass is 9.73. The van der Waals surface area contributed by atoms with Gasteiger partial charge in [0.2, 0.25) is 5.91 Å². The third kappa shape index (κ3) is 5.44. The quantitative estimate of drug-likeness (QED) is 0.724. The second-order valence-electron chi connectivity index (χ2n) is 9.70. The highest BCUT2D eigenvalue weighted by molar-refractivity contribution is 5.86. The van der Waals surface area contributed by atoms with Crippen molar-refractivity contribution in [2.75, 3.05) is 19.7 Å². The van der Waals surface area contributed by atoms with E-state index in [0.717, 1.165) is 48.8 Å². The van der Waals surface area contributed by atoms with E-state index in [-0.39, 0.29) is 24.0 Å². The Hall–Kier alpha value is -2.73. The molecule has 6 nitrogen and oxygen atoms in total. The number of carbonyl (C=O) groups excluding carboxylic acids is 2. The number of nitrogens with one attached hydrogen (secondary N) is 1. The summed E-state index contributed by atoms with van der Waals surface area (Å²) in [6.45, 7) is 5.72. The molecule has 2 aliphatic rings. The lowest BCUT2D eigenvalue weighted by Crippen LogP contribution is -2.57. The van der Waals surface area contributed by atoms with Gasteiger partial charge in [0.25, 0.3) is 5.91 Å². The summed E-state index contributed by atoms with van der Waals surface area (Å²) in [4.78, 5) is 33.0. The molecule has 0 aliphatic carbocycles. The van der Waals surface area contributed by atoms with Crippen LogP contribution < -0.4 is 5.32 Å². The average molecular weight is 450 g/mol. The van der Waals surface area contributed by atoms with Gasteiger partial charge in [-0.2, -0.15) is 0 Å². The zero-order valence-electron chi connectivity index (χ0n) is 19.8. The van der Waals surface area contributed by atoms with E-state index in [1.165, 1.54) is 0 Å². The zero-order chi connectivity index (χ0) is 23.3. The molecule has 176 valence electrons. The molecular formula is C27H35N3O3. The number of ether oxygens (including phenoxy) is 1. The first kappa shape index (κ1) is 23.4. The first-order valence-electron chi connectivity index (χ1n) is 12.2. The molecular weight excluding hydrogens is 414 g/mol. The molecule has 33 heavy (non-hydrogen) atoms. The second-order valence-corrected chi connectivity index (χ2v) is 9.70. The Morgan fingerprint density at radius 2 is 1.94 bits per heavy atom. The first-order valence-corrected chi connectivity index (χ1v) is 12.2. The van der Waals surface area contributed by atoms with Gasteiger partial charge < -0.3 is 15.0 Å². The van der Waals surface area contributed by atoms with Crippen molar-refractivity contribution in [2.24, 2.45) is 5.41 Å². The van der Waals surface area contributed by atoms with Gasteiger partial charge in [-0.15, -0.1) is 0 Å². The molecule has 6 heteroatoms. The number of aromatic nitrogens is 1. The van der Waals surface area contributed by atoms with Crippen molar-refractivity contribution in [3.63, 3.8) is 0 Å². The molecule has 2 saturated heterocycles. The number of piperidine rings is 1. The average Bonchev–Trinajstić information content (AvgIpc) is 2.85. The van der Waals surface area contributed by atoms with E-state index in [9.17, 15) is 9.59 Å². The van der Waals surface area contributed by atoms with Crippen LogP contribution in [0.2, 0.25) is 0 Å². The molecule has 0 saturated carbocycles. The van der Waals surface area contributed by atoms with E-state index < -0.39 is 5.41 Å². The van der Waals surface area contributed by atoms with Crippen LogP contribution in [0.1, 0.15) is 51.5 Å². The highest BCUT2D eigenvalue weighted by atomic mass is 16.5. The summed E-state index contributed by atoms with van der Waals surface area (Å²) >= 11 is 0. The Morgan fingerprint density at radius 3 is 2.67 bits per heavy atom. The number of amides is 2. The Labute approximate surface area is 196 Å². The Balaban J connectivity index is 1.64. The van der Waals surface area contributed by atoms with Gasteiger partial charge in [-0.25, -0.2) is 0 Å². The Kier molecular flexibility index (Phi) is 7.43. The molecule has 1 aromatic carbocycles. The van der Waals surface area contributed by atoms with E-state index in [4.69, 9.17) is 4.74 Å². The molecule has 3 heterocycles. The van der Waals surface area contributed by atoms with E-state index in [2.05, 4.69) is 22.4 Å². The fourth-order valence-corrected chi connectivity index (χ4v) is 5.14. The van der Waals surface area contributed by atoms with Crippen LogP contribution in [-0.2, 0) is 20.7 Å². The van der Waals surface area contributed by atoms with Gasteiger partial charge in [0.15, 0.2) is 0 Å². The van der Waals surface area contributed by atoms with Crippen LogP contribution in [0.25, 0.3) is 11.1 Å². The fourth-order valence-electron chi connectivity index (χ4n) is 5.14. The van der Waals surface area contributed by atoms with Crippen molar-refractivity contribution < 1.29 is 14.3 Å². The van der Waals surface area contributed by atoms with E-state index >= 15 is 0 Å². The van der Waals surface area contributed by atoms with Gasteiger partial charge in [-0.3, -0.25) is 14.6 Å². The number of hydrogen-bond donors (Lipinski definition) is 1. The monoisotopic (exact) mass is 449 g/mol. The molecule has 0 bridgehead atoms. The topological polar surface area (TPSA) is 71.5 Å². The molecule has 1 aromatic heterocycles. The molecule has 2 atom stereocenters. The van der Waals surface area contributed by atoms with Crippen molar-refractivity contribution in [1.29, 1.82) is 0 Å². The van der Waals surface area contributed by atoms with E-state index in [1.54, 1.807) is 12.4 Å². The lowest BCUT2D eigenvalue weighted by Gasteiger charge is -2.43. The maximum atomic E-state index is 13.6. The van der Waals surface area contributed by atoms with E-state index in [1.807, 2.05) is 43.0 Å². The van der Waals surface area contributed by atoms with Crippen molar-refractivity contribution in [2.45, 2.75) is 64.5 Å². The third-order valence-electron chi connectivity index (χ3n) is 6.78. The highest BCUT2D eigenvalue weighted by Crippen LogP contribution is 2.38. The fraction of sp³-hybridized carbons (Fsp3) is 0.519. The first-order chi connectivity index (χ1) is 16.0. The van der Waals surface area contributed by atoms with Crippen molar-refractivity contribution in [3.05, 3.63) is 54.4 Å². The number of pyridine rings is 1. The molecule has 4 rings (SSSR count). The highest BCUT2D eigenvalue weighted by Gasteiger charge is 2.45. The predicted octanol–water partition coefficient (Wildman–Crippen LogP) is 3.99. The summed E-state index contributed by atoms with van der Waals surface area (Å²) in [5, 5.41) is 3.15. The molecule has 0 spiro atoms. The summed E-state index contributed by atoms with van der Waals surface area (Å²) < 4.78 is 5.78. The summed E-state index contributed by atoms with van der Waals surface area (Å²) in [7, 11) is 0. The maximum Gasteiger partial charge on any atom is 0.251 e. The van der Waals surface area contributed by atoms with Gasteiger partial charge >= 0.3 is 0 Å². The van der Waals surface area contributed by atoms with Crippen LogP contribution in [0.15, 0.2) is 48.8 Å². The Bertz CT molecular complexity index is 956. The summed E-state index contributed by atoms with van der Waals surface area (Å²) in [5.41, 5.74) is 2.64. The van der Waals surface area contributed by atoms with Crippen LogP contribution in [0.5, 0.6) is 0 Å². The van der Waals surface area contributed by atoms with Crippen molar-refractivity contribution in [1.82, 2.24) is 15.2 Å². The van der Waals surface area contributed by atoms with Gasteiger partial charge in [-0.1, -0.05) is 24.3 Å². The summed E-state index contributed by atoms with van der Waals surface area (Å²) in [6.07, 6.45) is 8.15. The minimum Gasteiger partial charge on any atom is -0.368 e. The minimum absolute atomic E-state index is 0.0316. The van der Waals surface area contributed by atoms with Crippen LogP contribution in [0.3, 0.4) is 0 Å². The lowest BCUT2D eigenvalue weighted by molar-refractivity contribution is -0.152. The van der Waals surface area contributed by atoms with E-state index in [0.29, 0.717) is 26.1 Å². The number of rotatable bonds is 6. The SMILES string of the molecule is CC(C)NC(=O)[C@]1(Cc2ccccc2-c2ccncc2)CCCN(C(=O)[C@@H]2CCCCO2)C1. The van der Waals surface area contributed by atoms with Crippen LogP contribution in [0, 0.1) is 5.41 Å². The molecule has 2 amide bonds. The number of nitrogens with zero attached hydrogens (tertiary/aromatic N) is 2. The molecule has 2 aliphatic heterocycles. The molecule has 1 N–H and O–H groups in total. The zero-order valence-corrected chi connectivity index (χ0v) is 19.8. The second kappa shape index (κ2) is 10.5. The third-order valence-corrected chi connectivity index (χ3v) is 6.78. The largest absolute Gasteiger partial charge is 0.368 e. The van der Waals surface area contributed by atoms with Gasteiger partial charge in [-0.05, 0) is 81.2 Å². The van der Waals surface area contributed by atoms with Gasteiger partial charge in [0.05, 0.1) is 5.41 Å². The molecule has 0 radical (unpaired) electrons. The van der Waals surface area contributed by atoms with Crippen LogP contribution >= 0.6 is 0 Å². The maximum absolute atomic E-state index is 13.6. The van der Waals surface area contributed by atoms with Gasteiger partial charge in [0, 0.05) is 38.1 Å². The number of hydrogen-bond acceptors (Lipinski definition) is 4.